The van der Waals surface area contributed by atoms with Crippen LogP contribution in [0.15, 0.2) is 30.5 Å². The van der Waals surface area contributed by atoms with Crippen LogP contribution in [0.25, 0.3) is 0 Å². The van der Waals surface area contributed by atoms with Crippen LogP contribution >= 0.6 is 22.9 Å². The molecule has 2 aromatic heterocycles. The van der Waals surface area contributed by atoms with Gasteiger partial charge in [0.25, 0.3) is 5.91 Å². The Kier molecular flexibility index (Phi) is 8.52. The average Bonchev–Trinajstić information content (AvgIpc) is 3.24. The molecule has 0 atom stereocenters. The topological polar surface area (TPSA) is 141 Å². The standard InChI is InChI=1S/C21H24ClN7O3S/c1-12-6-5-7-14(22)19(12)28-20(31)15-11-24-21(33-15)27-17-10-16(25-13(2)26-17)23-9-4-3-8-18(30)29-32/h5-7,10-11,32H,3-4,8-9H2,1-2H3,(H,28,31)(H,29,30)(H2,23,24,25,26,27). The van der Waals surface area contributed by atoms with E-state index in [0.717, 1.165) is 12.0 Å². The summed E-state index contributed by atoms with van der Waals surface area (Å²) in [6.07, 6.45) is 3.11. The number of aryl methyl sites for hydroxylation is 2. The van der Waals surface area contributed by atoms with Gasteiger partial charge in [0.1, 0.15) is 22.3 Å². The molecule has 0 saturated carbocycles. The largest absolute Gasteiger partial charge is 0.370 e. The predicted octanol–water partition coefficient (Wildman–Crippen LogP) is 4.29. The molecule has 174 valence electrons. The zero-order valence-corrected chi connectivity index (χ0v) is 19.7. The number of aromatic nitrogens is 3. The van der Waals surface area contributed by atoms with Crippen LogP contribution < -0.4 is 21.4 Å². The van der Waals surface area contributed by atoms with Gasteiger partial charge < -0.3 is 16.0 Å². The van der Waals surface area contributed by atoms with Crippen molar-refractivity contribution < 1.29 is 14.8 Å². The molecule has 0 aliphatic heterocycles. The fourth-order valence-corrected chi connectivity index (χ4v) is 3.90. The maximum Gasteiger partial charge on any atom is 0.267 e. The molecule has 0 aliphatic carbocycles. The van der Waals surface area contributed by atoms with E-state index in [1.54, 1.807) is 24.5 Å². The second-order valence-corrected chi connectivity index (χ2v) is 8.58. The molecule has 5 N–H and O–H groups in total. The molecule has 0 unspecified atom stereocenters. The van der Waals surface area contributed by atoms with Gasteiger partial charge in [-0.25, -0.2) is 20.4 Å². The van der Waals surface area contributed by atoms with Crippen molar-refractivity contribution in [2.24, 2.45) is 0 Å². The van der Waals surface area contributed by atoms with E-state index in [1.165, 1.54) is 17.5 Å². The minimum Gasteiger partial charge on any atom is -0.370 e. The predicted molar refractivity (Wildman–Crippen MR) is 129 cm³/mol. The summed E-state index contributed by atoms with van der Waals surface area (Å²) in [5, 5.41) is 18.6. The molecule has 3 aromatic rings. The number of hydrogen-bond acceptors (Lipinski definition) is 9. The summed E-state index contributed by atoms with van der Waals surface area (Å²) in [6.45, 7) is 4.25. The number of halogens is 1. The van der Waals surface area contributed by atoms with E-state index in [-0.39, 0.29) is 12.3 Å². The fourth-order valence-electron chi connectivity index (χ4n) is 2.92. The third-order valence-electron chi connectivity index (χ3n) is 4.52. The number of para-hydroxylation sites is 1. The van der Waals surface area contributed by atoms with Crippen LogP contribution in [-0.2, 0) is 4.79 Å². The number of unbranched alkanes of at least 4 members (excludes halogenated alkanes) is 1. The lowest BCUT2D eigenvalue weighted by Gasteiger charge is -2.09. The van der Waals surface area contributed by atoms with Crippen molar-refractivity contribution in [3.8, 4) is 0 Å². The highest BCUT2D eigenvalue weighted by molar-refractivity contribution is 7.17. The van der Waals surface area contributed by atoms with Crippen molar-refractivity contribution in [2.75, 3.05) is 22.5 Å². The van der Waals surface area contributed by atoms with E-state index < -0.39 is 5.91 Å². The molecule has 0 saturated heterocycles. The van der Waals surface area contributed by atoms with Gasteiger partial charge in [0.15, 0.2) is 5.13 Å². The molecule has 2 heterocycles. The highest BCUT2D eigenvalue weighted by atomic mass is 35.5. The number of amides is 2. The van der Waals surface area contributed by atoms with E-state index in [2.05, 4.69) is 30.9 Å². The zero-order chi connectivity index (χ0) is 23.8. The second kappa shape index (κ2) is 11.5. The third-order valence-corrected chi connectivity index (χ3v) is 5.75. The van der Waals surface area contributed by atoms with Crippen molar-refractivity contribution >= 4 is 57.2 Å². The van der Waals surface area contributed by atoms with Crippen LogP contribution in [0.4, 0.5) is 22.5 Å². The maximum absolute atomic E-state index is 12.6. The van der Waals surface area contributed by atoms with Gasteiger partial charge in [-0.15, -0.1) is 0 Å². The first-order valence-corrected chi connectivity index (χ1v) is 11.4. The molecule has 0 bridgehead atoms. The summed E-state index contributed by atoms with van der Waals surface area (Å²) in [6, 6.07) is 7.15. The number of nitrogens with zero attached hydrogens (tertiary/aromatic N) is 3. The number of thiazole rings is 1. The summed E-state index contributed by atoms with van der Waals surface area (Å²) < 4.78 is 0. The smallest absolute Gasteiger partial charge is 0.267 e. The average molecular weight is 490 g/mol. The summed E-state index contributed by atoms with van der Waals surface area (Å²) >= 11 is 7.38. The van der Waals surface area contributed by atoms with Crippen molar-refractivity contribution in [3.05, 3.63) is 51.7 Å². The van der Waals surface area contributed by atoms with Crippen LogP contribution in [-0.4, -0.2) is 38.5 Å². The first-order chi connectivity index (χ1) is 15.9. The van der Waals surface area contributed by atoms with Gasteiger partial charge in [-0.2, -0.15) is 0 Å². The summed E-state index contributed by atoms with van der Waals surface area (Å²) in [5.41, 5.74) is 3.06. The van der Waals surface area contributed by atoms with E-state index in [1.807, 2.05) is 19.1 Å². The highest BCUT2D eigenvalue weighted by Crippen LogP contribution is 2.28. The van der Waals surface area contributed by atoms with E-state index >= 15 is 0 Å². The summed E-state index contributed by atoms with van der Waals surface area (Å²) in [7, 11) is 0. The lowest BCUT2D eigenvalue weighted by atomic mass is 10.2. The van der Waals surface area contributed by atoms with Crippen LogP contribution in [0.2, 0.25) is 5.02 Å². The Balaban J connectivity index is 1.59. The number of anilines is 4. The number of rotatable bonds is 10. The molecule has 0 radical (unpaired) electrons. The maximum atomic E-state index is 12.6. The van der Waals surface area contributed by atoms with Gasteiger partial charge in [0.2, 0.25) is 5.91 Å². The number of nitrogens with one attached hydrogen (secondary N) is 4. The Morgan fingerprint density at radius 2 is 1.94 bits per heavy atom. The van der Waals surface area contributed by atoms with Crippen LogP contribution in [0, 0.1) is 13.8 Å². The zero-order valence-electron chi connectivity index (χ0n) is 18.1. The number of benzene rings is 1. The summed E-state index contributed by atoms with van der Waals surface area (Å²) in [5.74, 6) is 1.02. The molecule has 12 heteroatoms. The lowest BCUT2D eigenvalue weighted by molar-refractivity contribution is -0.129. The van der Waals surface area contributed by atoms with Gasteiger partial charge in [-0.3, -0.25) is 14.8 Å². The van der Waals surface area contributed by atoms with Gasteiger partial charge in [0.05, 0.1) is 16.9 Å². The Labute approximate surface area is 199 Å². The number of carbonyl (C=O) groups is 2. The molecule has 0 fully saturated rings. The minimum atomic E-state index is -0.405. The van der Waals surface area contributed by atoms with E-state index in [0.29, 0.717) is 51.1 Å². The summed E-state index contributed by atoms with van der Waals surface area (Å²) in [4.78, 5) is 37.0. The molecular formula is C21H24ClN7O3S. The van der Waals surface area contributed by atoms with Crippen LogP contribution in [0.3, 0.4) is 0 Å². The molecule has 10 nitrogen and oxygen atoms in total. The minimum absolute atomic E-state index is 0.254. The van der Waals surface area contributed by atoms with Crippen molar-refractivity contribution in [2.45, 2.75) is 33.1 Å². The van der Waals surface area contributed by atoms with Crippen molar-refractivity contribution in [1.29, 1.82) is 0 Å². The second-order valence-electron chi connectivity index (χ2n) is 7.15. The number of hydroxylamine groups is 1. The Morgan fingerprint density at radius 3 is 2.70 bits per heavy atom. The normalized spacial score (nSPS) is 10.5. The quantitative estimate of drug-likeness (QED) is 0.161. The molecule has 0 aliphatic rings. The monoisotopic (exact) mass is 489 g/mol. The fraction of sp³-hybridized carbons (Fsp3) is 0.286. The van der Waals surface area contributed by atoms with Crippen molar-refractivity contribution in [3.63, 3.8) is 0 Å². The van der Waals surface area contributed by atoms with Crippen molar-refractivity contribution in [1.82, 2.24) is 20.4 Å². The van der Waals surface area contributed by atoms with E-state index in [9.17, 15) is 9.59 Å². The SMILES string of the molecule is Cc1nc(NCCCCC(=O)NO)cc(Nc2ncc(C(=O)Nc3c(C)cccc3Cl)s2)n1. The molecule has 33 heavy (non-hydrogen) atoms. The molecule has 0 spiro atoms. The van der Waals surface area contributed by atoms with Gasteiger partial charge in [-0.1, -0.05) is 35.1 Å². The molecular weight excluding hydrogens is 466 g/mol. The van der Waals surface area contributed by atoms with Gasteiger partial charge in [-0.05, 0) is 38.3 Å². The Bertz CT molecular complexity index is 1120. The Morgan fingerprint density at radius 1 is 1.15 bits per heavy atom. The first-order valence-electron chi connectivity index (χ1n) is 10.2. The lowest BCUT2D eigenvalue weighted by Crippen LogP contribution is -2.18. The third kappa shape index (κ3) is 7.11. The first kappa shape index (κ1) is 24.4. The van der Waals surface area contributed by atoms with Gasteiger partial charge >= 0.3 is 0 Å². The highest BCUT2D eigenvalue weighted by Gasteiger charge is 2.14. The molecule has 1 aromatic carbocycles. The number of carbonyl (C=O) groups excluding carboxylic acids is 2. The Hall–Kier alpha value is -3.28. The van der Waals surface area contributed by atoms with Crippen LogP contribution in [0.5, 0.6) is 0 Å². The number of hydrogen-bond donors (Lipinski definition) is 5. The van der Waals surface area contributed by atoms with E-state index in [4.69, 9.17) is 16.8 Å². The molecule has 3 rings (SSSR count). The van der Waals surface area contributed by atoms with Gasteiger partial charge in [0, 0.05) is 19.0 Å². The van der Waals surface area contributed by atoms with Crippen LogP contribution in [0.1, 0.15) is 40.3 Å². The molecule has 2 amide bonds.